The van der Waals surface area contributed by atoms with Gasteiger partial charge in [0.2, 0.25) is 5.91 Å². The lowest BCUT2D eigenvalue weighted by molar-refractivity contribution is -0.130. The molecular weight excluding hydrogens is 238 g/mol. The number of nitrogens with zero attached hydrogens (tertiary/aromatic N) is 1. The van der Waals surface area contributed by atoms with Gasteiger partial charge in [0.05, 0.1) is 6.54 Å². The number of benzene rings is 1. The third-order valence-corrected chi connectivity index (χ3v) is 3.69. The number of Topliss-reactive ketones (excluding diaryl/α,β-unsaturated/α-hetero) is 1. The first kappa shape index (κ1) is 13.8. The molecule has 1 amide bonds. The van der Waals surface area contributed by atoms with Crippen LogP contribution in [0.25, 0.3) is 0 Å². The maximum atomic E-state index is 12.2. The highest BCUT2D eigenvalue weighted by molar-refractivity contribution is 5.99. The van der Waals surface area contributed by atoms with E-state index in [1.807, 2.05) is 24.3 Å². The molecule has 2 rings (SSSR count). The number of rotatable bonds is 4. The Morgan fingerprint density at radius 3 is 2.58 bits per heavy atom. The molecule has 1 aliphatic heterocycles. The quantitative estimate of drug-likeness (QED) is 0.780. The molecule has 1 saturated heterocycles. The highest BCUT2D eigenvalue weighted by Gasteiger charge is 2.19. The Balaban J connectivity index is 2.00. The molecule has 1 aliphatic rings. The number of hydrogen-bond donors (Lipinski definition) is 0. The van der Waals surface area contributed by atoms with E-state index < -0.39 is 0 Å². The maximum Gasteiger partial charge on any atom is 0.222 e. The van der Waals surface area contributed by atoms with Crippen molar-refractivity contribution in [1.29, 1.82) is 0 Å². The van der Waals surface area contributed by atoms with Gasteiger partial charge in [-0.15, -0.1) is 0 Å². The number of hydrogen-bond acceptors (Lipinski definition) is 2. The van der Waals surface area contributed by atoms with Crippen molar-refractivity contribution in [2.45, 2.75) is 39.0 Å². The summed E-state index contributed by atoms with van der Waals surface area (Å²) in [5, 5.41) is 0. The first-order valence-electron chi connectivity index (χ1n) is 7.10. The van der Waals surface area contributed by atoms with Gasteiger partial charge in [-0.3, -0.25) is 9.59 Å². The fraction of sp³-hybridized carbons (Fsp3) is 0.500. The lowest BCUT2D eigenvalue weighted by Gasteiger charge is -2.19. The van der Waals surface area contributed by atoms with Crippen LogP contribution >= 0.6 is 0 Å². The zero-order valence-corrected chi connectivity index (χ0v) is 11.5. The van der Waals surface area contributed by atoms with Crippen LogP contribution in [0.4, 0.5) is 0 Å². The SMILES string of the molecule is CCc1ccc(C(=O)CN2CCCCCC2=O)cc1. The smallest absolute Gasteiger partial charge is 0.222 e. The average molecular weight is 259 g/mol. The third-order valence-electron chi connectivity index (χ3n) is 3.69. The van der Waals surface area contributed by atoms with Gasteiger partial charge >= 0.3 is 0 Å². The lowest BCUT2D eigenvalue weighted by Crippen LogP contribution is -2.35. The van der Waals surface area contributed by atoms with Crippen molar-refractivity contribution in [1.82, 2.24) is 4.90 Å². The van der Waals surface area contributed by atoms with E-state index in [-0.39, 0.29) is 18.2 Å². The Kier molecular flexibility index (Phi) is 4.72. The van der Waals surface area contributed by atoms with Crippen molar-refractivity contribution in [2.24, 2.45) is 0 Å². The second-order valence-electron chi connectivity index (χ2n) is 5.10. The standard InChI is InChI=1S/C16H21NO2/c1-2-13-7-9-14(10-8-13)15(18)12-17-11-5-3-4-6-16(17)19/h7-10H,2-6,11-12H2,1H3. The van der Waals surface area contributed by atoms with Crippen LogP contribution in [-0.2, 0) is 11.2 Å². The van der Waals surface area contributed by atoms with E-state index in [1.54, 1.807) is 4.90 Å². The van der Waals surface area contributed by atoms with E-state index in [2.05, 4.69) is 6.92 Å². The Bertz CT molecular complexity index is 450. The van der Waals surface area contributed by atoms with Crippen LogP contribution in [0.1, 0.15) is 48.5 Å². The first-order valence-corrected chi connectivity index (χ1v) is 7.10. The minimum atomic E-state index is 0.0397. The number of carbonyl (C=O) groups is 2. The molecule has 1 heterocycles. The molecule has 1 aromatic carbocycles. The van der Waals surface area contributed by atoms with Crippen LogP contribution in [-0.4, -0.2) is 29.7 Å². The van der Waals surface area contributed by atoms with Crippen LogP contribution in [0.2, 0.25) is 0 Å². The molecule has 19 heavy (non-hydrogen) atoms. The lowest BCUT2D eigenvalue weighted by atomic mass is 10.1. The fourth-order valence-corrected chi connectivity index (χ4v) is 2.40. The second kappa shape index (κ2) is 6.50. The summed E-state index contributed by atoms with van der Waals surface area (Å²) in [5.74, 6) is 0.161. The summed E-state index contributed by atoms with van der Waals surface area (Å²) in [4.78, 5) is 25.7. The molecule has 1 fully saturated rings. The molecule has 0 spiro atoms. The first-order chi connectivity index (χ1) is 9.20. The Labute approximate surface area is 114 Å². The van der Waals surface area contributed by atoms with E-state index >= 15 is 0 Å². The topological polar surface area (TPSA) is 37.4 Å². The van der Waals surface area contributed by atoms with Gasteiger partial charge < -0.3 is 4.90 Å². The number of carbonyl (C=O) groups excluding carboxylic acids is 2. The normalized spacial score (nSPS) is 16.3. The second-order valence-corrected chi connectivity index (χ2v) is 5.10. The molecule has 0 N–H and O–H groups in total. The van der Waals surface area contributed by atoms with Gasteiger partial charge in [-0.2, -0.15) is 0 Å². The van der Waals surface area contributed by atoms with E-state index in [0.29, 0.717) is 12.0 Å². The van der Waals surface area contributed by atoms with Crippen molar-refractivity contribution in [2.75, 3.05) is 13.1 Å². The van der Waals surface area contributed by atoms with Crippen molar-refractivity contribution in [3.8, 4) is 0 Å². The molecule has 0 aliphatic carbocycles. The number of aryl methyl sites for hydroxylation is 1. The van der Waals surface area contributed by atoms with Crippen molar-refractivity contribution < 1.29 is 9.59 Å². The summed E-state index contributed by atoms with van der Waals surface area (Å²) < 4.78 is 0. The number of ketones is 1. The van der Waals surface area contributed by atoms with Gasteiger partial charge in [-0.05, 0) is 24.8 Å². The van der Waals surface area contributed by atoms with Gasteiger partial charge in [-0.25, -0.2) is 0 Å². The highest BCUT2D eigenvalue weighted by Crippen LogP contribution is 2.13. The van der Waals surface area contributed by atoms with Crippen LogP contribution in [0.5, 0.6) is 0 Å². The predicted molar refractivity (Wildman–Crippen MR) is 75.2 cm³/mol. The zero-order chi connectivity index (χ0) is 13.7. The molecule has 1 aromatic rings. The molecule has 0 saturated carbocycles. The predicted octanol–water partition coefficient (Wildman–Crippen LogP) is 2.83. The van der Waals surface area contributed by atoms with Gasteiger partial charge in [0.1, 0.15) is 0 Å². The summed E-state index contributed by atoms with van der Waals surface area (Å²) >= 11 is 0. The molecule has 0 radical (unpaired) electrons. The van der Waals surface area contributed by atoms with E-state index in [9.17, 15) is 9.59 Å². The summed E-state index contributed by atoms with van der Waals surface area (Å²) in [7, 11) is 0. The number of likely N-dealkylation sites (tertiary alicyclic amines) is 1. The van der Waals surface area contributed by atoms with Gasteiger partial charge in [0.25, 0.3) is 0 Å². The molecule has 102 valence electrons. The molecular formula is C16H21NO2. The summed E-state index contributed by atoms with van der Waals surface area (Å²) in [6, 6.07) is 7.70. The molecule has 0 atom stereocenters. The Morgan fingerprint density at radius 2 is 1.89 bits per heavy atom. The molecule has 3 nitrogen and oxygen atoms in total. The van der Waals surface area contributed by atoms with Crippen LogP contribution < -0.4 is 0 Å². The van der Waals surface area contributed by atoms with Crippen LogP contribution in [0, 0.1) is 0 Å². The van der Waals surface area contributed by atoms with E-state index in [0.717, 1.165) is 32.2 Å². The minimum Gasteiger partial charge on any atom is -0.335 e. The zero-order valence-electron chi connectivity index (χ0n) is 11.5. The average Bonchev–Trinajstić information content (AvgIpc) is 2.64. The third kappa shape index (κ3) is 3.66. The Hall–Kier alpha value is -1.64. The summed E-state index contributed by atoms with van der Waals surface area (Å²) in [5.41, 5.74) is 1.93. The van der Waals surface area contributed by atoms with Crippen LogP contribution in [0.3, 0.4) is 0 Å². The highest BCUT2D eigenvalue weighted by atomic mass is 16.2. The number of amides is 1. The van der Waals surface area contributed by atoms with Gasteiger partial charge in [-0.1, -0.05) is 37.6 Å². The summed E-state index contributed by atoms with van der Waals surface area (Å²) in [6.45, 7) is 3.04. The monoisotopic (exact) mass is 259 g/mol. The van der Waals surface area contributed by atoms with Crippen LogP contribution in [0.15, 0.2) is 24.3 Å². The van der Waals surface area contributed by atoms with Crippen molar-refractivity contribution in [3.05, 3.63) is 35.4 Å². The summed E-state index contributed by atoms with van der Waals surface area (Å²) in [6.07, 6.45) is 4.60. The molecule has 3 heteroatoms. The van der Waals surface area contributed by atoms with E-state index in [4.69, 9.17) is 0 Å². The van der Waals surface area contributed by atoms with E-state index in [1.165, 1.54) is 5.56 Å². The molecule has 0 unspecified atom stereocenters. The van der Waals surface area contributed by atoms with Crippen molar-refractivity contribution >= 4 is 11.7 Å². The van der Waals surface area contributed by atoms with Gasteiger partial charge in [0, 0.05) is 18.5 Å². The van der Waals surface area contributed by atoms with Gasteiger partial charge in [0.15, 0.2) is 5.78 Å². The maximum absolute atomic E-state index is 12.2. The molecule has 0 aromatic heterocycles. The molecule has 0 bridgehead atoms. The van der Waals surface area contributed by atoms with Crippen molar-refractivity contribution in [3.63, 3.8) is 0 Å². The Morgan fingerprint density at radius 1 is 1.16 bits per heavy atom. The fourth-order valence-electron chi connectivity index (χ4n) is 2.40. The largest absolute Gasteiger partial charge is 0.335 e. The minimum absolute atomic E-state index is 0.0397.